The lowest BCUT2D eigenvalue weighted by molar-refractivity contribution is -0.956. The molecule has 0 amide bonds. The van der Waals surface area contributed by atoms with Gasteiger partial charge in [-0.15, -0.1) is 0 Å². The van der Waals surface area contributed by atoms with E-state index >= 15 is 0 Å². The number of ether oxygens (including phenoxy) is 3. The van der Waals surface area contributed by atoms with Crippen LogP contribution in [0.1, 0.15) is 128 Å². The lowest BCUT2D eigenvalue weighted by atomic mass is 9.85. The molecule has 2 aromatic carbocycles. The molecule has 3 aliphatic rings. The van der Waals surface area contributed by atoms with Crippen LogP contribution in [-0.2, 0) is 34.2 Å². The largest absolute Gasteiger partial charge is 0.554 e. The van der Waals surface area contributed by atoms with Crippen LogP contribution in [0.25, 0.3) is 0 Å². The molecule has 8 nitrogen and oxygen atoms in total. The molecule has 8 heteroatoms. The predicted molar refractivity (Wildman–Crippen MR) is 183 cm³/mol. The molecular formula is C40H57NO7. The average molecular weight is 664 g/mol. The van der Waals surface area contributed by atoms with E-state index in [1.54, 1.807) is 6.92 Å². The topological polar surface area (TPSA) is 102 Å². The lowest BCUT2D eigenvalue weighted by Gasteiger charge is -2.47. The number of rotatable bonds is 17. The number of benzene rings is 2. The highest BCUT2D eigenvalue weighted by molar-refractivity contribution is 5.86. The molecule has 3 atom stereocenters. The summed E-state index contributed by atoms with van der Waals surface area (Å²) in [6, 6.07) is 20.3. The van der Waals surface area contributed by atoms with E-state index < -0.39 is 24.3 Å². The molecule has 0 N–H and O–H groups in total. The summed E-state index contributed by atoms with van der Waals surface area (Å²) in [6.07, 6.45) is 16.8. The van der Waals surface area contributed by atoms with Gasteiger partial charge in [0.2, 0.25) is 11.9 Å². The van der Waals surface area contributed by atoms with Crippen molar-refractivity contribution in [3.63, 3.8) is 0 Å². The molecule has 2 aromatic rings. The SMILES string of the molecule is CCCCCCCCCCCC(=O)OC(C)OC(C(=O)OC1CC2CCC(C1)[N+]21CCCC1)(c1ccccc1)c1ccccc1.O=C[O-]. The van der Waals surface area contributed by atoms with Gasteiger partial charge in [0, 0.05) is 51.4 Å². The van der Waals surface area contributed by atoms with Crippen LogP contribution in [0.15, 0.2) is 60.7 Å². The zero-order valence-corrected chi connectivity index (χ0v) is 29.2. The van der Waals surface area contributed by atoms with Crippen molar-refractivity contribution in [1.82, 2.24) is 0 Å². The van der Waals surface area contributed by atoms with Gasteiger partial charge in [-0.25, -0.2) is 4.79 Å². The highest BCUT2D eigenvalue weighted by Gasteiger charge is 2.57. The minimum Gasteiger partial charge on any atom is -0.554 e. The summed E-state index contributed by atoms with van der Waals surface area (Å²) in [6.45, 7) is 6.01. The Kier molecular flexibility index (Phi) is 14.9. The Hall–Kier alpha value is -3.23. The van der Waals surface area contributed by atoms with Gasteiger partial charge in [-0.1, -0.05) is 119 Å². The Morgan fingerprint density at radius 2 is 1.31 bits per heavy atom. The number of carbonyl (C=O) groups excluding carboxylic acids is 3. The number of piperidine rings is 1. The minimum absolute atomic E-state index is 0.140. The van der Waals surface area contributed by atoms with Crippen molar-refractivity contribution in [2.75, 3.05) is 13.1 Å². The smallest absolute Gasteiger partial charge is 0.348 e. The average Bonchev–Trinajstić information content (AvgIpc) is 3.64. The first-order chi connectivity index (χ1) is 23.4. The summed E-state index contributed by atoms with van der Waals surface area (Å²) in [5.74, 6) is -0.724. The maximum atomic E-state index is 14.6. The fourth-order valence-corrected chi connectivity index (χ4v) is 8.57. The van der Waals surface area contributed by atoms with Gasteiger partial charge >= 0.3 is 11.9 Å². The van der Waals surface area contributed by atoms with Gasteiger partial charge in [0.15, 0.2) is 0 Å². The summed E-state index contributed by atoms with van der Waals surface area (Å²) in [4.78, 5) is 35.7. The molecule has 3 unspecified atom stereocenters. The van der Waals surface area contributed by atoms with Gasteiger partial charge in [0.05, 0.1) is 25.2 Å². The van der Waals surface area contributed by atoms with E-state index in [-0.39, 0.29) is 12.1 Å². The second kappa shape index (κ2) is 19.1. The van der Waals surface area contributed by atoms with E-state index in [0.717, 1.165) is 32.1 Å². The second-order valence-corrected chi connectivity index (χ2v) is 13.9. The van der Waals surface area contributed by atoms with Gasteiger partial charge in [0.25, 0.3) is 0 Å². The van der Waals surface area contributed by atoms with Crippen molar-refractivity contribution in [1.29, 1.82) is 0 Å². The third kappa shape index (κ3) is 9.47. The molecule has 3 fully saturated rings. The molecule has 48 heavy (non-hydrogen) atoms. The predicted octanol–water partition coefficient (Wildman–Crippen LogP) is 6.97. The van der Waals surface area contributed by atoms with Crippen LogP contribution in [0.2, 0.25) is 0 Å². The van der Waals surface area contributed by atoms with Gasteiger partial charge < -0.3 is 28.6 Å². The highest BCUT2D eigenvalue weighted by atomic mass is 16.7. The molecule has 2 bridgehead atoms. The minimum atomic E-state index is -1.56. The molecule has 264 valence electrons. The van der Waals surface area contributed by atoms with Crippen molar-refractivity contribution in [2.24, 2.45) is 0 Å². The molecular weight excluding hydrogens is 606 g/mol. The van der Waals surface area contributed by atoms with Crippen LogP contribution >= 0.6 is 0 Å². The summed E-state index contributed by atoms with van der Waals surface area (Å²) >= 11 is 0. The summed E-state index contributed by atoms with van der Waals surface area (Å²) in [7, 11) is 0. The van der Waals surface area contributed by atoms with Crippen LogP contribution in [0.3, 0.4) is 0 Å². The van der Waals surface area contributed by atoms with Crippen LogP contribution in [-0.4, -0.2) is 60.5 Å². The lowest BCUT2D eigenvalue weighted by Crippen LogP contribution is -2.60. The Morgan fingerprint density at radius 3 is 1.81 bits per heavy atom. The number of carbonyl (C=O) groups is 3. The Labute approximate surface area is 287 Å². The fourth-order valence-electron chi connectivity index (χ4n) is 8.57. The Bertz CT molecular complexity index is 1190. The third-order valence-corrected chi connectivity index (χ3v) is 10.8. The Morgan fingerprint density at radius 1 is 0.833 bits per heavy atom. The number of hydrogen-bond donors (Lipinski definition) is 0. The second-order valence-electron chi connectivity index (χ2n) is 13.9. The van der Waals surface area contributed by atoms with Gasteiger partial charge in [-0.2, -0.15) is 0 Å². The van der Waals surface area contributed by atoms with Gasteiger partial charge in [0.1, 0.15) is 6.10 Å². The first-order valence-corrected chi connectivity index (χ1v) is 18.5. The third-order valence-electron chi connectivity index (χ3n) is 10.8. The maximum Gasteiger partial charge on any atom is 0.348 e. The summed E-state index contributed by atoms with van der Waals surface area (Å²) in [5.41, 5.74) is -0.217. The van der Waals surface area contributed by atoms with Crippen molar-refractivity contribution in [2.45, 2.75) is 147 Å². The van der Waals surface area contributed by atoms with Gasteiger partial charge in [-0.3, -0.25) is 4.79 Å². The van der Waals surface area contributed by atoms with Crippen molar-refractivity contribution in [3.05, 3.63) is 71.8 Å². The van der Waals surface area contributed by atoms with Crippen LogP contribution < -0.4 is 5.11 Å². The molecule has 0 aliphatic carbocycles. The number of carboxylic acid groups (broad SMARTS) is 1. The van der Waals surface area contributed by atoms with Crippen LogP contribution in [0.4, 0.5) is 0 Å². The molecule has 3 saturated heterocycles. The van der Waals surface area contributed by atoms with E-state index in [2.05, 4.69) is 6.92 Å². The van der Waals surface area contributed by atoms with Crippen molar-refractivity contribution in [3.8, 4) is 0 Å². The van der Waals surface area contributed by atoms with E-state index in [1.165, 1.54) is 81.8 Å². The number of nitrogens with zero attached hydrogens (tertiary/aromatic N) is 1. The molecule has 3 heterocycles. The van der Waals surface area contributed by atoms with Crippen LogP contribution in [0, 0.1) is 0 Å². The van der Waals surface area contributed by atoms with Crippen LogP contribution in [0.5, 0.6) is 0 Å². The quantitative estimate of drug-likeness (QED) is 0.0592. The molecule has 3 aliphatic heterocycles. The fraction of sp³-hybridized carbons (Fsp3) is 0.625. The molecule has 0 aromatic heterocycles. The van der Waals surface area contributed by atoms with Crippen molar-refractivity contribution < 1.29 is 38.2 Å². The standard InChI is InChI=1S/C39H56NO5.CH2O2/c1-3-4-5-6-7-8-9-10-17-24-37(41)43-31(2)45-39(32-20-13-11-14-21-32,33-22-15-12-16-23-33)38(42)44-36-29-34-25-26-35(30-36)40(34)27-18-19-28-40;2-1-3/h11-16,20-23,31,34-36H,3-10,17-19,24-30H2,1-2H3;1H,(H,2,3)/q+1;/p-1. The maximum absolute atomic E-state index is 14.6. The highest BCUT2D eigenvalue weighted by Crippen LogP contribution is 2.47. The number of quaternary nitrogens is 1. The molecule has 1 spiro atoms. The first kappa shape index (κ1) is 37.6. The zero-order chi connectivity index (χ0) is 34.2. The van der Waals surface area contributed by atoms with Gasteiger partial charge in [-0.05, 0) is 24.5 Å². The first-order valence-electron chi connectivity index (χ1n) is 18.5. The summed E-state index contributed by atoms with van der Waals surface area (Å²) < 4.78 is 20.1. The Balaban J connectivity index is 0.00000167. The zero-order valence-electron chi connectivity index (χ0n) is 29.2. The normalized spacial score (nSPS) is 21.6. The molecule has 0 saturated carbocycles. The number of esters is 2. The molecule has 0 radical (unpaired) electrons. The van der Waals surface area contributed by atoms with Crippen molar-refractivity contribution >= 4 is 18.4 Å². The van der Waals surface area contributed by atoms with E-state index in [9.17, 15) is 9.59 Å². The molecule has 5 rings (SSSR count). The monoisotopic (exact) mass is 663 g/mol. The van der Waals surface area contributed by atoms with E-state index in [1.807, 2.05) is 60.7 Å². The van der Waals surface area contributed by atoms with E-state index in [4.69, 9.17) is 24.1 Å². The summed E-state index contributed by atoms with van der Waals surface area (Å²) in [5, 5.41) is 8.25. The number of hydrogen-bond acceptors (Lipinski definition) is 7. The van der Waals surface area contributed by atoms with E-state index in [0.29, 0.717) is 29.6 Å². The number of unbranched alkanes of at least 4 members (excludes halogenated alkanes) is 8.